The molecule has 2 heteroatoms. The van der Waals surface area contributed by atoms with E-state index < -0.39 is 0 Å². The van der Waals surface area contributed by atoms with Gasteiger partial charge in [-0.15, -0.1) is 0 Å². The van der Waals surface area contributed by atoms with Crippen LogP contribution >= 0.6 is 0 Å². The van der Waals surface area contributed by atoms with Crippen LogP contribution in [0.1, 0.15) is 12.5 Å². The highest BCUT2D eigenvalue weighted by molar-refractivity contribution is 6.21. The molecule has 0 amide bonds. The smallest absolute Gasteiger partial charge is 0.116 e. The van der Waals surface area contributed by atoms with Gasteiger partial charge in [0.2, 0.25) is 0 Å². The first-order valence-corrected chi connectivity index (χ1v) is 17.5. The summed E-state index contributed by atoms with van der Waals surface area (Å²) in [5.41, 5.74) is 19.7. The summed E-state index contributed by atoms with van der Waals surface area (Å²) in [4.78, 5) is 0. The Labute approximate surface area is 298 Å². The summed E-state index contributed by atoms with van der Waals surface area (Å²) in [6.07, 6.45) is 4.17. The molecule has 2 N–H and O–H groups in total. The van der Waals surface area contributed by atoms with Gasteiger partial charge >= 0.3 is 0 Å². The summed E-state index contributed by atoms with van der Waals surface area (Å²) < 4.78 is 2.15. The van der Waals surface area contributed by atoms with E-state index in [4.69, 9.17) is 5.73 Å². The van der Waals surface area contributed by atoms with Gasteiger partial charge in [0, 0.05) is 16.6 Å². The van der Waals surface area contributed by atoms with Crippen molar-refractivity contribution in [2.24, 2.45) is 0 Å². The summed E-state index contributed by atoms with van der Waals surface area (Å²) in [6, 6.07) is 63.4. The molecule has 0 saturated carbocycles. The normalized spacial score (nSPS) is 11.6. The van der Waals surface area contributed by atoms with Crippen LogP contribution in [0.25, 0.3) is 88.7 Å². The number of benzene rings is 8. The molecule has 0 unspecified atom stereocenters. The fourth-order valence-electron chi connectivity index (χ4n) is 7.78. The molecule has 0 saturated heterocycles. The number of nitrogen functional groups attached to an aromatic ring is 1. The van der Waals surface area contributed by atoms with Crippen molar-refractivity contribution in [2.45, 2.75) is 6.92 Å². The van der Waals surface area contributed by atoms with Crippen molar-refractivity contribution < 1.29 is 0 Å². The minimum atomic E-state index is 0.746. The average molecular weight is 653 g/mol. The van der Waals surface area contributed by atoms with E-state index in [1.54, 1.807) is 0 Å². The Balaban J connectivity index is 1.17. The molecular formula is C49H36N2. The average Bonchev–Trinajstić information content (AvgIpc) is 3.47. The molecule has 0 bridgehead atoms. The minimum absolute atomic E-state index is 0.746. The number of anilines is 1. The van der Waals surface area contributed by atoms with Gasteiger partial charge in [-0.1, -0.05) is 158 Å². The number of allylic oxidation sites excluding steroid dienone is 1. The van der Waals surface area contributed by atoms with Gasteiger partial charge in [0.05, 0.1) is 5.52 Å². The van der Waals surface area contributed by atoms with Crippen molar-refractivity contribution in [3.63, 3.8) is 0 Å². The molecule has 8 aromatic carbocycles. The maximum absolute atomic E-state index is 6.79. The highest BCUT2D eigenvalue weighted by Crippen LogP contribution is 2.44. The summed E-state index contributed by atoms with van der Waals surface area (Å²) in [5.74, 6) is 0.746. The second-order valence-corrected chi connectivity index (χ2v) is 13.1. The molecule has 242 valence electrons. The van der Waals surface area contributed by atoms with Crippen LogP contribution in [0.3, 0.4) is 0 Å². The van der Waals surface area contributed by atoms with Gasteiger partial charge in [0.25, 0.3) is 0 Å². The predicted octanol–water partition coefficient (Wildman–Crippen LogP) is 13.2. The lowest BCUT2D eigenvalue weighted by Crippen LogP contribution is -2.00. The third-order valence-electron chi connectivity index (χ3n) is 10.1. The standard InChI is InChI=1S/C49H36N2/c1-2-14-44-45-32-37(29-30-46(45)51(49(44)50)39-19-7-4-8-20-39)34-25-27-35(28-26-34)47-40-21-9-11-23-42(40)48(43-24-12-10-22-41(43)47)38-18-13-17-36(31-38)33-15-5-3-6-16-33/h2-32H,50H2,1H3/b14-2-. The Morgan fingerprint density at radius 3 is 1.51 bits per heavy atom. The van der Waals surface area contributed by atoms with Gasteiger partial charge in [-0.2, -0.15) is 0 Å². The van der Waals surface area contributed by atoms with Gasteiger partial charge < -0.3 is 5.73 Å². The lowest BCUT2D eigenvalue weighted by atomic mass is 9.85. The fraction of sp³-hybridized carbons (Fsp3) is 0.0204. The van der Waals surface area contributed by atoms with E-state index in [1.807, 2.05) is 13.0 Å². The van der Waals surface area contributed by atoms with Crippen molar-refractivity contribution in [2.75, 3.05) is 5.73 Å². The van der Waals surface area contributed by atoms with E-state index >= 15 is 0 Å². The Kier molecular flexibility index (Phi) is 7.56. The number of nitrogens with two attached hydrogens (primary N) is 1. The zero-order valence-electron chi connectivity index (χ0n) is 28.4. The first-order valence-electron chi connectivity index (χ1n) is 17.5. The number of hydrogen-bond acceptors (Lipinski definition) is 1. The highest BCUT2D eigenvalue weighted by atomic mass is 15.1. The maximum atomic E-state index is 6.79. The van der Waals surface area contributed by atoms with Crippen molar-refractivity contribution >= 4 is 44.3 Å². The van der Waals surface area contributed by atoms with Crippen molar-refractivity contribution in [1.29, 1.82) is 0 Å². The molecule has 9 rings (SSSR count). The zero-order chi connectivity index (χ0) is 34.3. The molecule has 0 radical (unpaired) electrons. The van der Waals surface area contributed by atoms with Crippen LogP contribution in [0, 0.1) is 0 Å². The molecule has 9 aromatic rings. The molecule has 0 spiro atoms. The summed E-state index contributed by atoms with van der Waals surface area (Å²) >= 11 is 0. The molecular weight excluding hydrogens is 617 g/mol. The third-order valence-corrected chi connectivity index (χ3v) is 10.1. The molecule has 2 nitrogen and oxygen atoms in total. The van der Waals surface area contributed by atoms with Crippen molar-refractivity contribution in [3.8, 4) is 50.2 Å². The van der Waals surface area contributed by atoms with Gasteiger partial charge in [0.1, 0.15) is 5.82 Å². The van der Waals surface area contributed by atoms with Gasteiger partial charge in [-0.3, -0.25) is 4.57 Å². The second-order valence-electron chi connectivity index (χ2n) is 13.1. The number of nitrogens with zero attached hydrogens (tertiary/aromatic N) is 1. The number of para-hydroxylation sites is 1. The van der Waals surface area contributed by atoms with E-state index in [2.05, 4.69) is 187 Å². The van der Waals surface area contributed by atoms with Crippen molar-refractivity contribution in [1.82, 2.24) is 4.57 Å². The third kappa shape index (κ3) is 5.21. The summed E-state index contributed by atoms with van der Waals surface area (Å²) in [6.45, 7) is 2.04. The van der Waals surface area contributed by atoms with E-state index in [0.717, 1.165) is 33.5 Å². The number of hydrogen-bond donors (Lipinski definition) is 1. The van der Waals surface area contributed by atoms with E-state index in [0.29, 0.717) is 0 Å². The molecule has 0 fully saturated rings. The Morgan fingerprint density at radius 1 is 0.412 bits per heavy atom. The Bertz CT molecular complexity index is 2680. The number of aromatic nitrogens is 1. The topological polar surface area (TPSA) is 30.9 Å². The van der Waals surface area contributed by atoms with E-state index in [-0.39, 0.29) is 0 Å². The Hall–Kier alpha value is -6.64. The monoisotopic (exact) mass is 652 g/mol. The fourth-order valence-corrected chi connectivity index (χ4v) is 7.78. The van der Waals surface area contributed by atoms with E-state index in [9.17, 15) is 0 Å². The molecule has 0 aliphatic carbocycles. The molecule has 1 heterocycles. The van der Waals surface area contributed by atoms with E-state index in [1.165, 1.54) is 60.5 Å². The highest BCUT2D eigenvalue weighted by Gasteiger charge is 2.18. The van der Waals surface area contributed by atoms with Crippen LogP contribution in [0.4, 0.5) is 5.82 Å². The lowest BCUT2D eigenvalue weighted by molar-refractivity contribution is 1.14. The second kappa shape index (κ2) is 12.7. The maximum Gasteiger partial charge on any atom is 0.116 e. The van der Waals surface area contributed by atoms with Crippen molar-refractivity contribution in [3.05, 3.63) is 188 Å². The zero-order valence-corrected chi connectivity index (χ0v) is 28.4. The number of rotatable bonds is 6. The van der Waals surface area contributed by atoms with Crippen LogP contribution < -0.4 is 5.73 Å². The van der Waals surface area contributed by atoms with Gasteiger partial charge in [0.15, 0.2) is 0 Å². The Morgan fingerprint density at radius 2 is 0.882 bits per heavy atom. The van der Waals surface area contributed by atoms with Crippen LogP contribution in [0.5, 0.6) is 0 Å². The SMILES string of the molecule is C/C=C\c1c(N)n(-c2ccccc2)c2ccc(-c3ccc(-c4c5ccccc5c(-c5cccc(-c6ccccc6)c5)c5ccccc45)cc3)cc12. The predicted molar refractivity (Wildman–Crippen MR) is 219 cm³/mol. The van der Waals surface area contributed by atoms with Crippen LogP contribution in [0.15, 0.2) is 182 Å². The largest absolute Gasteiger partial charge is 0.384 e. The first-order chi connectivity index (χ1) is 25.2. The molecule has 1 aromatic heterocycles. The number of fused-ring (bicyclic) bond motifs is 3. The molecule has 0 aliphatic heterocycles. The molecule has 0 aliphatic rings. The molecule has 51 heavy (non-hydrogen) atoms. The van der Waals surface area contributed by atoms with Crippen LogP contribution in [-0.4, -0.2) is 4.57 Å². The first kappa shape index (κ1) is 30.4. The summed E-state index contributed by atoms with van der Waals surface area (Å²) in [5, 5.41) is 6.14. The van der Waals surface area contributed by atoms with Crippen LogP contribution in [-0.2, 0) is 0 Å². The minimum Gasteiger partial charge on any atom is -0.384 e. The summed E-state index contributed by atoms with van der Waals surface area (Å²) in [7, 11) is 0. The quantitative estimate of drug-likeness (QED) is 0.178. The molecule has 0 atom stereocenters. The lowest BCUT2D eigenvalue weighted by Gasteiger charge is -2.18. The van der Waals surface area contributed by atoms with Gasteiger partial charge in [-0.25, -0.2) is 0 Å². The van der Waals surface area contributed by atoms with Crippen LogP contribution in [0.2, 0.25) is 0 Å². The van der Waals surface area contributed by atoms with Gasteiger partial charge in [-0.05, 0) is 103 Å².